The van der Waals surface area contributed by atoms with Gasteiger partial charge in [-0.05, 0) is 46.8 Å². The van der Waals surface area contributed by atoms with E-state index in [0.29, 0.717) is 5.02 Å². The van der Waals surface area contributed by atoms with E-state index in [2.05, 4.69) is 35.3 Å². The zero-order valence-corrected chi connectivity index (χ0v) is 16.8. The van der Waals surface area contributed by atoms with Gasteiger partial charge < -0.3 is 0 Å². The number of thioether (sulfide) groups is 2. The minimum atomic E-state index is 0.241. The lowest BCUT2D eigenvalue weighted by molar-refractivity contribution is 0.596. The number of rotatable bonds is 5. The van der Waals surface area contributed by atoms with Gasteiger partial charge in [-0.25, -0.2) is 0 Å². The van der Waals surface area contributed by atoms with Crippen molar-refractivity contribution in [2.75, 3.05) is 11.5 Å². The first-order chi connectivity index (χ1) is 13.8. The van der Waals surface area contributed by atoms with Gasteiger partial charge in [-0.15, -0.1) is 15.3 Å². The van der Waals surface area contributed by atoms with Gasteiger partial charge in [0.1, 0.15) is 0 Å². The smallest absolute Gasteiger partial charge is 0.214 e. The quantitative estimate of drug-likeness (QED) is 0.447. The molecule has 1 unspecified atom stereocenters. The topological polar surface area (TPSA) is 87.2 Å². The predicted molar refractivity (Wildman–Crippen MR) is 108 cm³/mol. The molecule has 0 bridgehead atoms. The highest BCUT2D eigenvalue weighted by atomic mass is 35.5. The van der Waals surface area contributed by atoms with E-state index in [1.54, 1.807) is 34.4 Å². The van der Waals surface area contributed by atoms with Gasteiger partial charge in [0.25, 0.3) is 0 Å². The molecule has 1 atom stereocenters. The monoisotopic (exact) mass is 428 g/mol. The molecule has 0 fully saturated rings. The van der Waals surface area contributed by atoms with E-state index in [4.69, 9.17) is 11.6 Å². The first-order valence-corrected chi connectivity index (χ1v) is 10.8. The van der Waals surface area contributed by atoms with E-state index in [1.165, 1.54) is 0 Å². The number of tetrazole rings is 1. The van der Waals surface area contributed by atoms with E-state index in [1.807, 2.05) is 42.6 Å². The predicted octanol–water partition coefficient (Wildman–Crippen LogP) is 3.41. The van der Waals surface area contributed by atoms with Gasteiger partial charge in [-0.2, -0.15) is 4.68 Å². The van der Waals surface area contributed by atoms with Crippen LogP contribution in [0.2, 0.25) is 5.02 Å². The fourth-order valence-electron chi connectivity index (χ4n) is 2.95. The van der Waals surface area contributed by atoms with E-state index < -0.39 is 0 Å². The minimum absolute atomic E-state index is 0.241. The van der Waals surface area contributed by atoms with E-state index in [-0.39, 0.29) is 6.04 Å². The second kappa shape index (κ2) is 7.53. The number of hydrogen-bond acceptors (Lipinski definition) is 8. The molecular formula is C17H13ClN8S2. The Balaban J connectivity index is 1.37. The normalized spacial score (nSPS) is 15.7. The van der Waals surface area contributed by atoms with Crippen molar-refractivity contribution in [2.24, 2.45) is 0 Å². The summed E-state index contributed by atoms with van der Waals surface area (Å²) in [5, 5.41) is 23.1. The van der Waals surface area contributed by atoms with Crippen molar-refractivity contribution in [3.05, 3.63) is 53.8 Å². The highest BCUT2D eigenvalue weighted by Crippen LogP contribution is 2.38. The molecule has 5 rings (SSSR count). The summed E-state index contributed by atoms with van der Waals surface area (Å²) >= 11 is 9.30. The Morgan fingerprint density at radius 1 is 1.14 bits per heavy atom. The van der Waals surface area contributed by atoms with Crippen LogP contribution in [0.5, 0.6) is 0 Å². The largest absolute Gasteiger partial charge is 0.297 e. The lowest BCUT2D eigenvalue weighted by Gasteiger charge is -2.13. The summed E-state index contributed by atoms with van der Waals surface area (Å²) in [5.41, 5.74) is 1.84. The average Bonchev–Trinajstić information content (AvgIpc) is 3.44. The second-order valence-corrected chi connectivity index (χ2v) is 8.45. The SMILES string of the molecule is Clc1ccc(-n2nnnc2SCC2CSc3nnc(-c4cccnc4)n32)cc1. The molecule has 0 N–H and O–H groups in total. The molecule has 4 aromatic rings. The van der Waals surface area contributed by atoms with Crippen molar-refractivity contribution in [3.8, 4) is 17.1 Å². The van der Waals surface area contributed by atoms with Crippen molar-refractivity contribution in [2.45, 2.75) is 16.4 Å². The Labute approximate surface area is 173 Å². The van der Waals surface area contributed by atoms with Gasteiger partial charge in [0.2, 0.25) is 5.16 Å². The Morgan fingerprint density at radius 2 is 2.04 bits per heavy atom. The Hall–Kier alpha value is -2.43. The molecule has 11 heteroatoms. The van der Waals surface area contributed by atoms with Crippen molar-refractivity contribution in [1.82, 2.24) is 40.0 Å². The molecule has 0 saturated carbocycles. The van der Waals surface area contributed by atoms with Crippen LogP contribution < -0.4 is 0 Å². The summed E-state index contributed by atoms with van der Waals surface area (Å²) in [6.07, 6.45) is 3.56. The maximum atomic E-state index is 5.98. The van der Waals surface area contributed by atoms with Crippen LogP contribution in [0.3, 0.4) is 0 Å². The van der Waals surface area contributed by atoms with Gasteiger partial charge in [0, 0.05) is 34.5 Å². The van der Waals surface area contributed by atoms with Crippen molar-refractivity contribution < 1.29 is 0 Å². The molecule has 8 nitrogen and oxygen atoms in total. The third-order valence-corrected chi connectivity index (χ3v) is 6.68. The minimum Gasteiger partial charge on any atom is -0.297 e. The van der Waals surface area contributed by atoms with E-state index in [0.717, 1.165) is 38.9 Å². The number of hydrogen-bond donors (Lipinski definition) is 0. The number of fused-ring (bicyclic) bond motifs is 1. The van der Waals surface area contributed by atoms with Crippen LogP contribution in [0.25, 0.3) is 17.1 Å². The third-order valence-electron chi connectivity index (χ3n) is 4.27. The zero-order chi connectivity index (χ0) is 18.9. The molecule has 4 heterocycles. The number of halogens is 1. The summed E-state index contributed by atoms with van der Waals surface area (Å²) in [6.45, 7) is 0. The summed E-state index contributed by atoms with van der Waals surface area (Å²) in [6, 6.07) is 11.6. The van der Waals surface area contributed by atoms with Gasteiger partial charge in [0.05, 0.1) is 11.7 Å². The van der Waals surface area contributed by atoms with Crippen molar-refractivity contribution >= 4 is 35.1 Å². The first kappa shape index (κ1) is 17.7. The molecule has 0 saturated heterocycles. The molecule has 3 aromatic heterocycles. The molecule has 0 radical (unpaired) electrons. The molecule has 1 aliphatic heterocycles. The van der Waals surface area contributed by atoms with Crippen LogP contribution in [0.15, 0.2) is 59.1 Å². The summed E-state index contributed by atoms with van der Waals surface area (Å²) in [7, 11) is 0. The average molecular weight is 429 g/mol. The fourth-order valence-corrected chi connectivity index (χ4v) is 5.27. The van der Waals surface area contributed by atoms with Gasteiger partial charge in [-0.1, -0.05) is 35.1 Å². The maximum absolute atomic E-state index is 5.98. The summed E-state index contributed by atoms with van der Waals surface area (Å²) in [4.78, 5) is 4.20. The highest BCUT2D eigenvalue weighted by molar-refractivity contribution is 8.00. The Morgan fingerprint density at radius 3 is 2.86 bits per heavy atom. The van der Waals surface area contributed by atoms with Gasteiger partial charge in [0.15, 0.2) is 11.0 Å². The number of pyridine rings is 1. The standard InChI is InChI=1S/C17H13ClN8S2/c18-12-3-5-13(6-4-12)26-17(22-23-24-26)28-10-14-9-27-16-21-20-15(25(14)16)11-2-1-7-19-8-11/h1-8,14H,9-10H2. The summed E-state index contributed by atoms with van der Waals surface area (Å²) < 4.78 is 3.91. The molecule has 140 valence electrons. The van der Waals surface area contributed by atoms with Crippen LogP contribution in [0.4, 0.5) is 0 Å². The molecule has 1 aromatic carbocycles. The van der Waals surface area contributed by atoms with E-state index >= 15 is 0 Å². The lowest BCUT2D eigenvalue weighted by Crippen LogP contribution is -2.12. The second-order valence-electron chi connectivity index (χ2n) is 6.04. The van der Waals surface area contributed by atoms with Crippen molar-refractivity contribution in [3.63, 3.8) is 0 Å². The summed E-state index contributed by atoms with van der Waals surface area (Å²) in [5.74, 6) is 2.59. The highest BCUT2D eigenvalue weighted by Gasteiger charge is 2.29. The third kappa shape index (κ3) is 3.27. The van der Waals surface area contributed by atoms with Crippen molar-refractivity contribution in [1.29, 1.82) is 0 Å². The zero-order valence-electron chi connectivity index (χ0n) is 14.4. The van der Waals surface area contributed by atoms with Crippen LogP contribution in [0.1, 0.15) is 6.04 Å². The van der Waals surface area contributed by atoms with Gasteiger partial charge in [-0.3, -0.25) is 9.55 Å². The Kier molecular flexibility index (Phi) is 4.75. The molecule has 28 heavy (non-hydrogen) atoms. The van der Waals surface area contributed by atoms with Gasteiger partial charge >= 0.3 is 0 Å². The molecular weight excluding hydrogens is 416 g/mol. The molecule has 0 amide bonds. The van der Waals surface area contributed by atoms with Crippen LogP contribution in [-0.4, -0.2) is 51.5 Å². The number of benzene rings is 1. The Bertz CT molecular complexity index is 1100. The van der Waals surface area contributed by atoms with Crippen LogP contribution >= 0.6 is 35.1 Å². The lowest BCUT2D eigenvalue weighted by atomic mass is 10.2. The fraction of sp³-hybridized carbons (Fsp3) is 0.176. The number of aromatic nitrogens is 8. The molecule has 0 spiro atoms. The maximum Gasteiger partial charge on any atom is 0.214 e. The van der Waals surface area contributed by atoms with E-state index in [9.17, 15) is 0 Å². The first-order valence-electron chi connectivity index (χ1n) is 8.45. The van der Waals surface area contributed by atoms with Crippen LogP contribution in [-0.2, 0) is 0 Å². The molecule has 1 aliphatic rings. The van der Waals surface area contributed by atoms with Crippen LogP contribution in [0, 0.1) is 0 Å². The number of nitrogens with zero attached hydrogens (tertiary/aromatic N) is 8. The molecule has 0 aliphatic carbocycles.